The molecule has 1 N–H and O–H groups in total. The molecule has 1 aromatic rings. The molecular weight excluding hydrogens is 539 g/mol. The molecule has 32 heavy (non-hydrogen) atoms. The zero-order chi connectivity index (χ0) is 22.1. The monoisotopic (exact) mass is 576 g/mol. The first-order chi connectivity index (χ1) is 15.0. The fourth-order valence-corrected chi connectivity index (χ4v) is 4.57. The number of likely N-dealkylation sites (N-methyl/N-ethyl adjacent to an activating group) is 1. The first-order valence-corrected chi connectivity index (χ1v) is 12.2. The zero-order valence-electron chi connectivity index (χ0n) is 19.3. The van der Waals surface area contributed by atoms with Crippen LogP contribution in [0.15, 0.2) is 22.5 Å². The van der Waals surface area contributed by atoms with Gasteiger partial charge in [-0.25, -0.2) is 4.99 Å². The van der Waals surface area contributed by atoms with Crippen LogP contribution in [0.2, 0.25) is 0 Å². The van der Waals surface area contributed by atoms with E-state index < -0.39 is 0 Å². The van der Waals surface area contributed by atoms with Gasteiger partial charge in [-0.3, -0.25) is 14.5 Å². The predicted molar refractivity (Wildman–Crippen MR) is 141 cm³/mol. The Morgan fingerprint density at radius 3 is 2.41 bits per heavy atom. The highest BCUT2D eigenvalue weighted by atomic mass is 127. The lowest BCUT2D eigenvalue weighted by atomic mass is 10.1. The Bertz CT molecular complexity index is 729. The fraction of sp³-hybridized carbons (Fsp3) is 0.682. The third-order valence-electron chi connectivity index (χ3n) is 5.84. The highest BCUT2D eigenvalue weighted by molar-refractivity contribution is 14.0. The summed E-state index contributed by atoms with van der Waals surface area (Å²) in [7, 11) is 3.50. The highest BCUT2D eigenvalue weighted by Gasteiger charge is 2.24. The number of hydrogen-bond acceptors (Lipinski definition) is 5. The van der Waals surface area contributed by atoms with Gasteiger partial charge in [-0.05, 0) is 37.1 Å². The highest BCUT2D eigenvalue weighted by Crippen LogP contribution is 2.11. The minimum Gasteiger partial charge on any atom is -0.356 e. The maximum atomic E-state index is 12.6. The van der Waals surface area contributed by atoms with Crippen molar-refractivity contribution in [2.45, 2.75) is 25.7 Å². The SMILES string of the molecule is CN(C)C(=O)CN=C(NCCc1cccs1)N1CCN(CC(=O)N2CCCCC2)CC1.I. The molecule has 2 aliphatic heterocycles. The normalized spacial score (nSPS) is 17.6. The first-order valence-electron chi connectivity index (χ1n) is 11.3. The van der Waals surface area contributed by atoms with Gasteiger partial charge >= 0.3 is 0 Å². The molecule has 180 valence electrons. The summed E-state index contributed by atoms with van der Waals surface area (Å²) in [6, 6.07) is 4.20. The van der Waals surface area contributed by atoms with Crippen molar-refractivity contribution in [1.29, 1.82) is 0 Å². The lowest BCUT2D eigenvalue weighted by molar-refractivity contribution is -0.133. The number of likely N-dealkylation sites (tertiary alicyclic amines) is 1. The van der Waals surface area contributed by atoms with Gasteiger partial charge in [0.2, 0.25) is 11.8 Å². The molecule has 0 bridgehead atoms. The van der Waals surface area contributed by atoms with Crippen LogP contribution in [-0.2, 0) is 16.0 Å². The van der Waals surface area contributed by atoms with E-state index in [0.29, 0.717) is 6.54 Å². The van der Waals surface area contributed by atoms with Crippen molar-refractivity contribution >= 4 is 53.1 Å². The Morgan fingerprint density at radius 1 is 1.06 bits per heavy atom. The number of carbonyl (C=O) groups excluding carboxylic acids is 2. The summed E-state index contributed by atoms with van der Waals surface area (Å²) in [5, 5.41) is 5.54. The van der Waals surface area contributed by atoms with Gasteiger partial charge in [0.05, 0.1) is 6.54 Å². The minimum atomic E-state index is -0.0108. The molecule has 2 aliphatic rings. The van der Waals surface area contributed by atoms with Crippen molar-refractivity contribution in [3.63, 3.8) is 0 Å². The third-order valence-corrected chi connectivity index (χ3v) is 6.77. The second-order valence-electron chi connectivity index (χ2n) is 8.39. The van der Waals surface area contributed by atoms with Gasteiger partial charge in [-0.15, -0.1) is 35.3 Å². The Hall–Kier alpha value is -1.40. The second kappa shape index (κ2) is 14.0. The summed E-state index contributed by atoms with van der Waals surface area (Å²) < 4.78 is 0. The molecule has 0 saturated carbocycles. The molecule has 3 rings (SSSR count). The standard InChI is InChI=1S/C22H36N6O2S.HI/c1-25(2)20(29)17-24-22(23-9-8-19-7-6-16-31-19)28-14-12-26(13-15-28)18-21(30)27-10-4-3-5-11-27;/h6-7,16H,3-5,8-15,17-18H2,1-2H3,(H,23,24);1H. The summed E-state index contributed by atoms with van der Waals surface area (Å²) >= 11 is 1.75. The number of carbonyl (C=O) groups is 2. The van der Waals surface area contributed by atoms with Crippen LogP contribution in [0, 0.1) is 0 Å². The summed E-state index contributed by atoms with van der Waals surface area (Å²) in [6.45, 7) is 6.49. The van der Waals surface area contributed by atoms with Crippen molar-refractivity contribution in [3.05, 3.63) is 22.4 Å². The molecule has 0 spiro atoms. The van der Waals surface area contributed by atoms with E-state index in [9.17, 15) is 9.59 Å². The van der Waals surface area contributed by atoms with Crippen LogP contribution < -0.4 is 5.32 Å². The Morgan fingerprint density at radius 2 is 1.78 bits per heavy atom. The lowest BCUT2D eigenvalue weighted by Crippen LogP contribution is -2.54. The van der Waals surface area contributed by atoms with E-state index in [1.54, 1.807) is 30.3 Å². The number of rotatable bonds is 7. The number of piperidine rings is 1. The van der Waals surface area contributed by atoms with Gasteiger partial charge in [-0.2, -0.15) is 0 Å². The molecule has 0 aromatic carbocycles. The Kier molecular flexibility index (Phi) is 11.7. The van der Waals surface area contributed by atoms with Crippen LogP contribution in [0.3, 0.4) is 0 Å². The third kappa shape index (κ3) is 8.51. The number of thiophene rings is 1. The summed E-state index contributed by atoms with van der Waals surface area (Å²) in [4.78, 5) is 38.6. The van der Waals surface area contributed by atoms with E-state index in [-0.39, 0.29) is 42.3 Å². The molecule has 0 radical (unpaired) electrons. The second-order valence-corrected chi connectivity index (χ2v) is 9.42. The number of piperazine rings is 1. The molecule has 3 heterocycles. The Labute approximate surface area is 213 Å². The molecule has 2 amide bonds. The number of halogens is 1. The molecule has 2 fully saturated rings. The first kappa shape index (κ1) is 26.8. The van der Waals surface area contributed by atoms with E-state index in [0.717, 1.165) is 71.0 Å². The molecule has 10 heteroatoms. The number of amides is 2. The van der Waals surface area contributed by atoms with Gasteiger partial charge in [0, 0.05) is 64.8 Å². The molecule has 8 nitrogen and oxygen atoms in total. The molecule has 0 atom stereocenters. The van der Waals surface area contributed by atoms with E-state index >= 15 is 0 Å². The number of aliphatic imine (C=N–C) groups is 1. The van der Waals surface area contributed by atoms with Gasteiger partial charge in [0.25, 0.3) is 0 Å². The largest absolute Gasteiger partial charge is 0.356 e. The average Bonchev–Trinajstić information content (AvgIpc) is 3.30. The number of hydrogen-bond donors (Lipinski definition) is 1. The fourth-order valence-electron chi connectivity index (χ4n) is 3.86. The van der Waals surface area contributed by atoms with Crippen molar-refractivity contribution in [2.75, 3.05) is 73.0 Å². The topological polar surface area (TPSA) is 71.5 Å². The molecule has 0 aliphatic carbocycles. The summed E-state index contributed by atoms with van der Waals surface area (Å²) in [5.41, 5.74) is 0. The summed E-state index contributed by atoms with van der Waals surface area (Å²) in [6.07, 6.45) is 4.42. The molecule has 0 unspecified atom stereocenters. The molecule has 1 aromatic heterocycles. The lowest BCUT2D eigenvalue weighted by Gasteiger charge is -2.37. The van der Waals surface area contributed by atoms with Gasteiger partial charge in [-0.1, -0.05) is 6.07 Å². The van der Waals surface area contributed by atoms with Crippen molar-refractivity contribution < 1.29 is 9.59 Å². The van der Waals surface area contributed by atoms with Crippen molar-refractivity contribution in [1.82, 2.24) is 24.9 Å². The quantitative estimate of drug-likeness (QED) is 0.303. The van der Waals surface area contributed by atoms with Crippen LogP contribution in [0.4, 0.5) is 0 Å². The van der Waals surface area contributed by atoms with Crippen LogP contribution >= 0.6 is 35.3 Å². The molecular formula is C22H37IN6O2S. The maximum absolute atomic E-state index is 12.6. The van der Waals surface area contributed by atoms with Gasteiger partial charge < -0.3 is 20.0 Å². The number of guanidine groups is 1. The van der Waals surface area contributed by atoms with E-state index in [1.165, 1.54) is 11.3 Å². The van der Waals surface area contributed by atoms with E-state index in [2.05, 4.69) is 37.6 Å². The van der Waals surface area contributed by atoms with Crippen molar-refractivity contribution in [2.24, 2.45) is 4.99 Å². The summed E-state index contributed by atoms with van der Waals surface area (Å²) in [5.74, 6) is 1.03. The Balaban J connectivity index is 0.00000363. The van der Waals surface area contributed by atoms with Crippen LogP contribution in [0.5, 0.6) is 0 Å². The maximum Gasteiger partial charge on any atom is 0.243 e. The van der Waals surface area contributed by atoms with Crippen LogP contribution in [0.1, 0.15) is 24.1 Å². The zero-order valence-corrected chi connectivity index (χ0v) is 22.4. The van der Waals surface area contributed by atoms with E-state index in [1.807, 2.05) is 4.90 Å². The average molecular weight is 577 g/mol. The smallest absolute Gasteiger partial charge is 0.243 e. The number of nitrogens with one attached hydrogen (secondary N) is 1. The van der Waals surface area contributed by atoms with Crippen LogP contribution in [-0.4, -0.2) is 110 Å². The molecule has 2 saturated heterocycles. The van der Waals surface area contributed by atoms with Gasteiger partial charge in [0.15, 0.2) is 5.96 Å². The van der Waals surface area contributed by atoms with E-state index in [4.69, 9.17) is 0 Å². The predicted octanol–water partition coefficient (Wildman–Crippen LogP) is 1.57. The minimum absolute atomic E-state index is 0. The van der Waals surface area contributed by atoms with Crippen molar-refractivity contribution in [3.8, 4) is 0 Å². The van der Waals surface area contributed by atoms with Gasteiger partial charge in [0.1, 0.15) is 6.54 Å². The van der Waals surface area contributed by atoms with Crippen LogP contribution in [0.25, 0.3) is 0 Å². The number of nitrogens with zero attached hydrogens (tertiary/aromatic N) is 5.